The summed E-state index contributed by atoms with van der Waals surface area (Å²) < 4.78 is 32.1. The van der Waals surface area contributed by atoms with Gasteiger partial charge in [-0.15, -0.1) is 0 Å². The summed E-state index contributed by atoms with van der Waals surface area (Å²) in [5.74, 6) is -4.94. The molecule has 6 atom stereocenters. The van der Waals surface area contributed by atoms with Crippen LogP contribution in [0.15, 0.2) is 0 Å². The molecule has 44 heavy (non-hydrogen) atoms. The van der Waals surface area contributed by atoms with Crippen molar-refractivity contribution in [2.45, 2.75) is 111 Å². The Bertz CT molecular complexity index is 1060. The molecular formula is C28H45N3O13. The highest BCUT2D eigenvalue weighted by atomic mass is 16.7. The van der Waals surface area contributed by atoms with Gasteiger partial charge < -0.3 is 39.1 Å². The quantitative estimate of drug-likeness (QED) is 0.165. The van der Waals surface area contributed by atoms with Crippen LogP contribution in [0.1, 0.15) is 68.7 Å². The SMILES string of the molecule is CC(=O)OC[C@H]1O[C@@H](NC(=O)CNCC(=O)N[C@@H](CC(C)C)C(=O)OC(C)(C)C)[C@H](OC(C)=O)[C@@H](OC(C)=O)[C@H]1OC(C)=O. The van der Waals surface area contributed by atoms with Crippen LogP contribution >= 0.6 is 0 Å². The minimum atomic E-state index is -1.48. The fourth-order valence-electron chi connectivity index (χ4n) is 4.15. The topological polar surface area (TPSA) is 211 Å². The largest absolute Gasteiger partial charge is 0.463 e. The van der Waals surface area contributed by atoms with E-state index in [1.165, 1.54) is 0 Å². The molecule has 1 rings (SSSR count). The van der Waals surface area contributed by atoms with Crippen LogP contribution in [0.5, 0.6) is 0 Å². The van der Waals surface area contributed by atoms with Gasteiger partial charge in [0.15, 0.2) is 24.5 Å². The van der Waals surface area contributed by atoms with E-state index in [4.69, 9.17) is 28.4 Å². The number of hydrogen-bond acceptors (Lipinski definition) is 14. The summed E-state index contributed by atoms with van der Waals surface area (Å²) in [5, 5.41) is 7.72. The minimum absolute atomic E-state index is 0.0770. The van der Waals surface area contributed by atoms with E-state index in [9.17, 15) is 33.6 Å². The molecule has 0 aromatic carbocycles. The van der Waals surface area contributed by atoms with E-state index in [2.05, 4.69) is 16.0 Å². The number of esters is 5. The second-order valence-electron chi connectivity index (χ2n) is 11.6. The van der Waals surface area contributed by atoms with Gasteiger partial charge in [0.2, 0.25) is 11.8 Å². The first-order valence-electron chi connectivity index (χ1n) is 14.1. The van der Waals surface area contributed by atoms with E-state index in [1.807, 2.05) is 13.8 Å². The third kappa shape index (κ3) is 14.6. The standard InChI is InChI=1S/C28H45N3O13/c1-14(2)10-19(27(38)44-28(7,8)9)30-21(36)11-29-12-22(37)31-26-25(42-18(6)35)24(41-17(5)34)23(40-16(4)33)20(43-26)13-39-15(3)32/h14,19-20,23-26,29H,10-13H2,1-9H3,(H,30,36)(H,31,37)/t19-,20+,23-,24-,25+,26+/m0/s1. The summed E-state index contributed by atoms with van der Waals surface area (Å²) in [5.41, 5.74) is -0.748. The van der Waals surface area contributed by atoms with Crippen LogP contribution in [-0.2, 0) is 62.0 Å². The number of rotatable bonds is 14. The second-order valence-corrected chi connectivity index (χ2v) is 11.6. The van der Waals surface area contributed by atoms with Gasteiger partial charge in [-0.3, -0.25) is 34.1 Å². The van der Waals surface area contributed by atoms with Gasteiger partial charge in [0.25, 0.3) is 0 Å². The molecule has 0 radical (unpaired) electrons. The smallest absolute Gasteiger partial charge is 0.329 e. The molecule has 0 aliphatic carbocycles. The predicted molar refractivity (Wildman–Crippen MR) is 150 cm³/mol. The van der Waals surface area contributed by atoms with Gasteiger partial charge in [-0.1, -0.05) is 13.8 Å². The van der Waals surface area contributed by atoms with Gasteiger partial charge in [0.1, 0.15) is 24.4 Å². The maximum Gasteiger partial charge on any atom is 0.329 e. The molecule has 2 amide bonds. The van der Waals surface area contributed by atoms with Crippen LogP contribution < -0.4 is 16.0 Å². The lowest BCUT2D eigenvalue weighted by Crippen LogP contribution is -2.66. The first-order chi connectivity index (χ1) is 20.3. The Morgan fingerprint density at radius 1 is 0.750 bits per heavy atom. The van der Waals surface area contributed by atoms with Gasteiger partial charge in [0, 0.05) is 27.7 Å². The number of ether oxygens (including phenoxy) is 6. The Kier molecular flexibility index (Phi) is 15.2. The highest BCUT2D eigenvalue weighted by Crippen LogP contribution is 2.28. The zero-order valence-electron chi connectivity index (χ0n) is 26.7. The summed E-state index contributed by atoms with van der Waals surface area (Å²) in [6.07, 6.45) is -6.67. The first-order valence-corrected chi connectivity index (χ1v) is 14.1. The zero-order valence-corrected chi connectivity index (χ0v) is 26.7. The zero-order chi connectivity index (χ0) is 33.8. The Labute approximate surface area is 256 Å². The normalized spacial score (nSPS) is 22.2. The van der Waals surface area contributed by atoms with Crippen molar-refractivity contribution >= 4 is 41.7 Å². The van der Waals surface area contributed by atoms with Crippen LogP contribution in [0.2, 0.25) is 0 Å². The third-order valence-electron chi connectivity index (χ3n) is 5.60. The molecule has 0 aromatic rings. The molecule has 0 bridgehead atoms. The maximum absolute atomic E-state index is 12.8. The Morgan fingerprint density at radius 2 is 1.27 bits per heavy atom. The van der Waals surface area contributed by atoms with E-state index in [1.54, 1.807) is 20.8 Å². The lowest BCUT2D eigenvalue weighted by atomic mass is 9.97. The van der Waals surface area contributed by atoms with Gasteiger partial charge in [-0.2, -0.15) is 0 Å². The van der Waals surface area contributed by atoms with E-state index in [0.717, 1.165) is 27.7 Å². The molecule has 3 N–H and O–H groups in total. The van der Waals surface area contributed by atoms with Gasteiger partial charge in [-0.25, -0.2) is 4.79 Å². The Morgan fingerprint density at radius 3 is 1.77 bits per heavy atom. The summed E-state index contributed by atoms with van der Waals surface area (Å²) in [4.78, 5) is 85.1. The van der Waals surface area contributed by atoms with Crippen LogP contribution in [-0.4, -0.2) is 104 Å². The monoisotopic (exact) mass is 631 g/mol. The highest BCUT2D eigenvalue weighted by Gasteiger charge is 2.52. The van der Waals surface area contributed by atoms with E-state index in [0.29, 0.717) is 6.42 Å². The summed E-state index contributed by atoms with van der Waals surface area (Å²) in [6, 6.07) is -0.894. The molecule has 1 heterocycles. The number of carbonyl (C=O) groups excluding carboxylic acids is 7. The summed E-state index contributed by atoms with van der Waals surface area (Å²) >= 11 is 0. The average Bonchev–Trinajstić information content (AvgIpc) is 2.83. The first kappa shape index (κ1) is 38.2. The van der Waals surface area contributed by atoms with E-state index >= 15 is 0 Å². The van der Waals surface area contributed by atoms with Crippen molar-refractivity contribution in [3.8, 4) is 0 Å². The number of hydrogen-bond donors (Lipinski definition) is 3. The molecule has 1 fully saturated rings. The van der Waals surface area contributed by atoms with E-state index < -0.39 is 97.1 Å². The molecule has 1 aliphatic heterocycles. The van der Waals surface area contributed by atoms with Crippen molar-refractivity contribution < 1.29 is 62.0 Å². The molecule has 1 saturated heterocycles. The van der Waals surface area contributed by atoms with Crippen molar-refractivity contribution in [2.24, 2.45) is 5.92 Å². The van der Waals surface area contributed by atoms with Crippen LogP contribution in [0.3, 0.4) is 0 Å². The lowest BCUT2D eigenvalue weighted by Gasteiger charge is -2.44. The lowest BCUT2D eigenvalue weighted by molar-refractivity contribution is -0.256. The molecular weight excluding hydrogens is 586 g/mol. The average molecular weight is 632 g/mol. The molecule has 0 spiro atoms. The van der Waals surface area contributed by atoms with Gasteiger partial charge in [0.05, 0.1) is 13.1 Å². The molecule has 16 heteroatoms. The maximum atomic E-state index is 12.8. The fourth-order valence-corrected chi connectivity index (χ4v) is 4.15. The van der Waals surface area contributed by atoms with Crippen molar-refractivity contribution in [3.63, 3.8) is 0 Å². The van der Waals surface area contributed by atoms with Gasteiger partial charge >= 0.3 is 29.8 Å². The molecule has 0 saturated carbocycles. The van der Waals surface area contributed by atoms with Crippen molar-refractivity contribution in [2.75, 3.05) is 19.7 Å². The molecule has 0 aromatic heterocycles. The molecule has 1 aliphatic rings. The molecule has 0 unspecified atom stereocenters. The van der Waals surface area contributed by atoms with E-state index in [-0.39, 0.29) is 12.5 Å². The Hall–Kier alpha value is -3.79. The Balaban J connectivity index is 3.01. The van der Waals surface area contributed by atoms with Crippen molar-refractivity contribution in [1.29, 1.82) is 0 Å². The molecule has 250 valence electrons. The predicted octanol–water partition coefficient (Wildman–Crippen LogP) is -0.352. The fraction of sp³-hybridized carbons (Fsp3) is 0.750. The summed E-state index contributed by atoms with van der Waals surface area (Å²) in [6.45, 7) is 12.0. The third-order valence-corrected chi connectivity index (χ3v) is 5.60. The van der Waals surface area contributed by atoms with Crippen LogP contribution in [0.4, 0.5) is 0 Å². The molecule has 16 nitrogen and oxygen atoms in total. The van der Waals surface area contributed by atoms with Crippen molar-refractivity contribution in [1.82, 2.24) is 16.0 Å². The number of amides is 2. The number of carbonyl (C=O) groups is 7. The number of nitrogens with one attached hydrogen (secondary N) is 3. The summed E-state index contributed by atoms with van der Waals surface area (Å²) in [7, 11) is 0. The van der Waals surface area contributed by atoms with Gasteiger partial charge in [-0.05, 0) is 33.1 Å². The second kappa shape index (κ2) is 17.5. The van der Waals surface area contributed by atoms with Crippen LogP contribution in [0, 0.1) is 5.92 Å². The minimum Gasteiger partial charge on any atom is -0.463 e. The highest BCUT2D eigenvalue weighted by molar-refractivity contribution is 5.86. The van der Waals surface area contributed by atoms with Crippen LogP contribution in [0.25, 0.3) is 0 Å². The van der Waals surface area contributed by atoms with Crippen molar-refractivity contribution in [3.05, 3.63) is 0 Å².